The van der Waals surface area contributed by atoms with Crippen LogP contribution in [0.5, 0.6) is 0 Å². The van der Waals surface area contributed by atoms with E-state index in [9.17, 15) is 24.3 Å². The third-order valence-corrected chi connectivity index (χ3v) is 5.55. The minimum Gasteiger partial charge on any atom is -0.464 e. The van der Waals surface area contributed by atoms with E-state index < -0.39 is 35.2 Å². The molecule has 206 valence electrons. The quantitative estimate of drug-likeness (QED) is 0.516. The summed E-state index contributed by atoms with van der Waals surface area (Å²) < 4.78 is 11.5. The van der Waals surface area contributed by atoms with Gasteiger partial charge in [0.2, 0.25) is 5.91 Å². The number of rotatable bonds is 6. The standard InChI is InChI=1S/C26H35N5O7/c1-25(2,3)22-27-14-18(31(22)24(35)36)13-19(29-23(34)38-26(4,5)6)21(33)28-16-7-9-17(10-8-16)30-11-12-37-15-20(30)32/h7-10,14,19H,11-13,15H2,1-6H3,(H,28,33)(H,29,34)(H,35,36). The van der Waals surface area contributed by atoms with Crippen molar-refractivity contribution in [2.24, 2.45) is 0 Å². The monoisotopic (exact) mass is 529 g/mol. The molecule has 0 radical (unpaired) electrons. The number of hydrogen-bond donors (Lipinski definition) is 3. The van der Waals surface area contributed by atoms with Crippen molar-refractivity contribution in [3.63, 3.8) is 0 Å². The molecule has 38 heavy (non-hydrogen) atoms. The summed E-state index contributed by atoms with van der Waals surface area (Å²) in [6, 6.07) is 5.50. The first kappa shape index (κ1) is 28.6. The van der Waals surface area contributed by atoms with Gasteiger partial charge in [-0.15, -0.1) is 0 Å². The highest BCUT2D eigenvalue weighted by molar-refractivity contribution is 5.98. The van der Waals surface area contributed by atoms with E-state index in [4.69, 9.17) is 9.47 Å². The first-order valence-corrected chi connectivity index (χ1v) is 12.2. The normalized spacial score (nSPS) is 15.1. The van der Waals surface area contributed by atoms with Crippen molar-refractivity contribution < 1.29 is 33.8 Å². The van der Waals surface area contributed by atoms with Gasteiger partial charge in [-0.05, 0) is 45.0 Å². The SMILES string of the molecule is CC(C)(C)OC(=O)NC(Cc1cnc(C(C)(C)C)n1C(=O)O)C(=O)Nc1ccc(N2CCOCC2=O)cc1. The summed E-state index contributed by atoms with van der Waals surface area (Å²) >= 11 is 0. The van der Waals surface area contributed by atoms with Crippen LogP contribution in [-0.4, -0.2) is 70.1 Å². The molecular formula is C26H35N5O7. The van der Waals surface area contributed by atoms with Crippen LogP contribution in [-0.2, 0) is 30.9 Å². The fourth-order valence-electron chi connectivity index (χ4n) is 3.89. The Kier molecular flexibility index (Phi) is 8.45. The maximum absolute atomic E-state index is 13.3. The Bertz CT molecular complexity index is 1190. The highest BCUT2D eigenvalue weighted by Gasteiger charge is 2.30. The Morgan fingerprint density at radius 1 is 1.13 bits per heavy atom. The Balaban J connectivity index is 1.83. The van der Waals surface area contributed by atoms with E-state index in [0.717, 1.165) is 4.57 Å². The number of amides is 3. The molecule has 1 aliphatic rings. The first-order chi connectivity index (χ1) is 17.7. The van der Waals surface area contributed by atoms with Gasteiger partial charge < -0.3 is 30.1 Å². The Morgan fingerprint density at radius 2 is 1.79 bits per heavy atom. The van der Waals surface area contributed by atoms with E-state index in [0.29, 0.717) is 30.4 Å². The molecule has 3 amide bonds. The molecule has 3 rings (SSSR count). The number of anilines is 2. The predicted octanol–water partition coefficient (Wildman–Crippen LogP) is 3.14. The number of carbonyl (C=O) groups excluding carboxylic acids is 3. The summed E-state index contributed by atoms with van der Waals surface area (Å²) in [6.07, 6.45) is -0.830. The molecule has 12 nitrogen and oxygen atoms in total. The van der Waals surface area contributed by atoms with Crippen LogP contribution < -0.4 is 15.5 Å². The lowest BCUT2D eigenvalue weighted by Crippen LogP contribution is -2.47. The average Bonchev–Trinajstić information content (AvgIpc) is 3.23. The number of alkyl carbamates (subject to hydrolysis) is 1. The molecular weight excluding hydrogens is 494 g/mol. The van der Waals surface area contributed by atoms with Gasteiger partial charge in [-0.3, -0.25) is 9.59 Å². The van der Waals surface area contributed by atoms with Crippen molar-refractivity contribution in [1.29, 1.82) is 0 Å². The average molecular weight is 530 g/mol. The van der Waals surface area contributed by atoms with Crippen LogP contribution in [0.4, 0.5) is 21.0 Å². The highest BCUT2D eigenvalue weighted by Crippen LogP contribution is 2.24. The van der Waals surface area contributed by atoms with Crippen molar-refractivity contribution in [2.45, 2.75) is 65.0 Å². The van der Waals surface area contributed by atoms with Crippen molar-refractivity contribution in [3.8, 4) is 0 Å². The molecule has 1 unspecified atom stereocenters. The van der Waals surface area contributed by atoms with Crippen molar-refractivity contribution >= 4 is 35.4 Å². The van der Waals surface area contributed by atoms with Crippen molar-refractivity contribution in [1.82, 2.24) is 14.9 Å². The third kappa shape index (κ3) is 7.31. The number of hydrogen-bond acceptors (Lipinski definition) is 7. The third-order valence-electron chi connectivity index (χ3n) is 5.55. The van der Waals surface area contributed by atoms with E-state index in [1.54, 1.807) is 49.9 Å². The van der Waals surface area contributed by atoms with Gasteiger partial charge in [0.05, 0.1) is 12.3 Å². The molecule has 1 fully saturated rings. The van der Waals surface area contributed by atoms with Gasteiger partial charge >= 0.3 is 12.2 Å². The molecule has 1 aromatic carbocycles. The van der Waals surface area contributed by atoms with Gasteiger partial charge in [-0.25, -0.2) is 19.1 Å². The zero-order valence-corrected chi connectivity index (χ0v) is 22.5. The molecule has 1 aliphatic heterocycles. The topological polar surface area (TPSA) is 152 Å². The Hall–Kier alpha value is -3.93. The Morgan fingerprint density at radius 3 is 2.34 bits per heavy atom. The molecule has 2 aromatic rings. The minimum atomic E-state index is -1.24. The lowest BCUT2D eigenvalue weighted by Gasteiger charge is -2.27. The van der Waals surface area contributed by atoms with Gasteiger partial charge in [0, 0.05) is 36.0 Å². The summed E-state index contributed by atoms with van der Waals surface area (Å²) in [7, 11) is 0. The zero-order chi connectivity index (χ0) is 28.3. The summed E-state index contributed by atoms with van der Waals surface area (Å²) in [5, 5.41) is 15.1. The largest absolute Gasteiger partial charge is 0.464 e. The second-order valence-electron chi connectivity index (χ2n) is 11.0. The summed E-state index contributed by atoms with van der Waals surface area (Å²) in [6.45, 7) is 11.4. The van der Waals surface area contributed by atoms with E-state index in [1.165, 1.54) is 6.20 Å². The summed E-state index contributed by atoms with van der Waals surface area (Å²) in [5.41, 5.74) is -0.0475. The maximum Gasteiger partial charge on any atom is 0.417 e. The summed E-state index contributed by atoms with van der Waals surface area (Å²) in [5.74, 6) is -0.425. The molecule has 0 aliphatic carbocycles. The fourth-order valence-corrected chi connectivity index (χ4v) is 3.89. The van der Waals surface area contributed by atoms with Gasteiger partial charge in [0.15, 0.2) is 0 Å². The number of aromatic nitrogens is 2. The van der Waals surface area contributed by atoms with Crippen LogP contribution in [0.1, 0.15) is 53.1 Å². The lowest BCUT2D eigenvalue weighted by molar-refractivity contribution is -0.125. The second kappa shape index (κ2) is 11.2. The number of benzene rings is 1. The number of nitrogens with one attached hydrogen (secondary N) is 2. The number of imidazole rings is 1. The number of ether oxygens (including phenoxy) is 2. The number of carboxylic acid groups (broad SMARTS) is 1. The van der Waals surface area contributed by atoms with E-state index in [2.05, 4.69) is 15.6 Å². The molecule has 1 saturated heterocycles. The molecule has 1 atom stereocenters. The van der Waals surface area contributed by atoms with Crippen LogP contribution in [0.15, 0.2) is 30.5 Å². The zero-order valence-electron chi connectivity index (χ0n) is 22.5. The van der Waals surface area contributed by atoms with Crippen LogP contribution >= 0.6 is 0 Å². The van der Waals surface area contributed by atoms with Gasteiger partial charge in [0.1, 0.15) is 24.1 Å². The number of carbonyl (C=O) groups is 4. The van der Waals surface area contributed by atoms with Crippen LogP contribution in [0.2, 0.25) is 0 Å². The van der Waals surface area contributed by atoms with E-state index in [1.807, 2.05) is 20.8 Å². The highest BCUT2D eigenvalue weighted by atomic mass is 16.6. The fraction of sp³-hybridized carbons (Fsp3) is 0.500. The van der Waals surface area contributed by atoms with Gasteiger partial charge in [-0.2, -0.15) is 0 Å². The predicted molar refractivity (Wildman–Crippen MR) is 139 cm³/mol. The molecule has 12 heteroatoms. The van der Waals surface area contributed by atoms with Crippen molar-refractivity contribution in [3.05, 3.63) is 42.0 Å². The molecule has 1 aromatic heterocycles. The molecule has 0 spiro atoms. The van der Waals surface area contributed by atoms with Crippen molar-refractivity contribution in [2.75, 3.05) is 30.0 Å². The van der Waals surface area contributed by atoms with E-state index >= 15 is 0 Å². The van der Waals surface area contributed by atoms with Crippen LogP contribution in [0.25, 0.3) is 0 Å². The first-order valence-electron chi connectivity index (χ1n) is 12.2. The van der Waals surface area contributed by atoms with E-state index in [-0.39, 0.29) is 24.6 Å². The molecule has 0 saturated carbocycles. The Labute approximate surface area is 221 Å². The van der Waals surface area contributed by atoms with Crippen LogP contribution in [0.3, 0.4) is 0 Å². The number of morpholine rings is 1. The summed E-state index contributed by atoms with van der Waals surface area (Å²) in [4.78, 5) is 55.9. The van der Waals surface area contributed by atoms with Gasteiger partial charge in [-0.1, -0.05) is 20.8 Å². The molecule has 3 N–H and O–H groups in total. The maximum atomic E-state index is 13.3. The lowest BCUT2D eigenvalue weighted by atomic mass is 9.95. The second-order valence-corrected chi connectivity index (χ2v) is 11.0. The molecule has 0 bridgehead atoms. The smallest absolute Gasteiger partial charge is 0.417 e. The molecule has 2 heterocycles. The van der Waals surface area contributed by atoms with Gasteiger partial charge in [0.25, 0.3) is 5.91 Å². The minimum absolute atomic E-state index is 0.0142. The number of nitrogens with zero attached hydrogens (tertiary/aromatic N) is 3. The van der Waals surface area contributed by atoms with Crippen LogP contribution in [0, 0.1) is 0 Å².